The van der Waals surface area contributed by atoms with Crippen molar-refractivity contribution in [3.05, 3.63) is 60.7 Å². The quantitative estimate of drug-likeness (QED) is 0.676. The van der Waals surface area contributed by atoms with Crippen molar-refractivity contribution < 1.29 is 18.1 Å². The molecule has 0 saturated carbocycles. The van der Waals surface area contributed by atoms with Crippen molar-refractivity contribution in [3.63, 3.8) is 0 Å². The zero-order chi connectivity index (χ0) is 16.1. The number of phosphoric ester groups is 1. The monoisotopic (exact) mass is 320 g/mol. The standard InChI is InChI=1S/C17H21O4P/c1-17(2,3)14-19-22(18,20-15-10-6-4-7-11-15)21-16-12-8-5-9-13-16/h4-13H,14H2,1-3H3. The van der Waals surface area contributed by atoms with Crippen LogP contribution in [0.2, 0.25) is 0 Å². The lowest BCUT2D eigenvalue weighted by atomic mass is 9.99. The van der Waals surface area contributed by atoms with Crippen molar-refractivity contribution in [2.24, 2.45) is 5.41 Å². The fourth-order valence-electron chi connectivity index (χ4n) is 1.56. The third-order valence-corrected chi connectivity index (χ3v) is 3.89. The molecule has 0 aromatic heterocycles. The zero-order valence-electron chi connectivity index (χ0n) is 13.1. The molecule has 0 spiro atoms. The van der Waals surface area contributed by atoms with E-state index in [1.165, 1.54) is 0 Å². The largest absolute Gasteiger partial charge is 0.587 e. The van der Waals surface area contributed by atoms with E-state index in [9.17, 15) is 4.57 Å². The highest BCUT2D eigenvalue weighted by atomic mass is 31.2. The fourth-order valence-corrected chi connectivity index (χ4v) is 3.01. The van der Waals surface area contributed by atoms with Crippen LogP contribution >= 0.6 is 7.82 Å². The second kappa shape index (κ2) is 6.99. The molecule has 2 rings (SSSR count). The van der Waals surface area contributed by atoms with E-state index < -0.39 is 7.82 Å². The topological polar surface area (TPSA) is 44.8 Å². The lowest BCUT2D eigenvalue weighted by Crippen LogP contribution is -2.16. The molecular formula is C17H21O4P. The van der Waals surface area contributed by atoms with Crippen molar-refractivity contribution in [2.45, 2.75) is 20.8 Å². The third kappa shape index (κ3) is 5.55. The summed E-state index contributed by atoms with van der Waals surface area (Å²) in [7, 11) is -3.76. The summed E-state index contributed by atoms with van der Waals surface area (Å²) >= 11 is 0. The summed E-state index contributed by atoms with van der Waals surface area (Å²) in [4.78, 5) is 0. The smallest absolute Gasteiger partial charge is 0.395 e. The van der Waals surface area contributed by atoms with Crippen LogP contribution in [0.5, 0.6) is 11.5 Å². The van der Waals surface area contributed by atoms with Crippen LogP contribution in [-0.2, 0) is 9.09 Å². The molecular weight excluding hydrogens is 299 g/mol. The molecule has 0 unspecified atom stereocenters. The molecule has 118 valence electrons. The van der Waals surface area contributed by atoms with Gasteiger partial charge >= 0.3 is 7.82 Å². The van der Waals surface area contributed by atoms with Crippen LogP contribution in [-0.4, -0.2) is 6.61 Å². The highest BCUT2D eigenvalue weighted by molar-refractivity contribution is 7.49. The third-order valence-electron chi connectivity index (χ3n) is 2.58. The Morgan fingerprint density at radius 3 is 1.59 bits per heavy atom. The molecule has 0 heterocycles. The van der Waals surface area contributed by atoms with Gasteiger partial charge in [-0.1, -0.05) is 57.2 Å². The molecule has 5 heteroatoms. The number of hydrogen-bond acceptors (Lipinski definition) is 4. The van der Waals surface area contributed by atoms with E-state index in [0.717, 1.165) is 0 Å². The summed E-state index contributed by atoms with van der Waals surface area (Å²) < 4.78 is 29.5. The zero-order valence-corrected chi connectivity index (χ0v) is 14.0. The van der Waals surface area contributed by atoms with E-state index in [1.54, 1.807) is 48.5 Å². The van der Waals surface area contributed by atoms with Crippen molar-refractivity contribution >= 4 is 7.82 Å². The minimum Gasteiger partial charge on any atom is -0.395 e. The number of phosphoric acid groups is 1. The predicted molar refractivity (Wildman–Crippen MR) is 87.2 cm³/mol. The van der Waals surface area contributed by atoms with Gasteiger partial charge < -0.3 is 9.05 Å². The molecule has 0 aliphatic carbocycles. The minimum absolute atomic E-state index is 0.157. The van der Waals surface area contributed by atoms with Crippen molar-refractivity contribution in [2.75, 3.05) is 6.61 Å². The van der Waals surface area contributed by atoms with E-state index in [1.807, 2.05) is 32.9 Å². The summed E-state index contributed by atoms with van der Waals surface area (Å²) in [5.74, 6) is 0.881. The summed E-state index contributed by atoms with van der Waals surface area (Å²) in [6, 6.07) is 17.7. The Kier molecular flexibility index (Phi) is 5.28. The van der Waals surface area contributed by atoms with E-state index in [4.69, 9.17) is 13.6 Å². The van der Waals surface area contributed by atoms with Gasteiger partial charge in [0.15, 0.2) is 0 Å². The molecule has 0 aliphatic heterocycles. The number of rotatable bonds is 6. The van der Waals surface area contributed by atoms with Gasteiger partial charge in [0.25, 0.3) is 0 Å². The molecule has 0 fully saturated rings. The van der Waals surface area contributed by atoms with E-state index in [2.05, 4.69) is 0 Å². The molecule has 0 atom stereocenters. The molecule has 0 amide bonds. The van der Waals surface area contributed by atoms with Crippen LogP contribution in [0.1, 0.15) is 20.8 Å². The summed E-state index contributed by atoms with van der Waals surface area (Å²) in [5.41, 5.74) is -0.157. The molecule has 4 nitrogen and oxygen atoms in total. The second-order valence-electron chi connectivity index (χ2n) is 6.09. The fraction of sp³-hybridized carbons (Fsp3) is 0.294. The molecule has 0 N–H and O–H groups in total. The van der Waals surface area contributed by atoms with Gasteiger partial charge in [0.1, 0.15) is 11.5 Å². The highest BCUT2D eigenvalue weighted by Crippen LogP contribution is 2.50. The molecule has 2 aromatic rings. The van der Waals surface area contributed by atoms with E-state index >= 15 is 0 Å². The normalized spacial score (nSPS) is 12.0. The van der Waals surface area contributed by atoms with Crippen LogP contribution in [0.3, 0.4) is 0 Å². The first kappa shape index (κ1) is 16.6. The Labute approximate surface area is 131 Å². The number of para-hydroxylation sites is 2. The van der Waals surface area contributed by atoms with Gasteiger partial charge in [-0.15, -0.1) is 0 Å². The molecule has 0 saturated heterocycles. The van der Waals surface area contributed by atoms with Crippen LogP contribution in [0.15, 0.2) is 60.7 Å². The van der Waals surface area contributed by atoms with Gasteiger partial charge in [-0.3, -0.25) is 4.52 Å². The van der Waals surface area contributed by atoms with Crippen LogP contribution < -0.4 is 9.05 Å². The maximum atomic E-state index is 12.9. The molecule has 0 aliphatic rings. The highest BCUT2D eigenvalue weighted by Gasteiger charge is 2.32. The Morgan fingerprint density at radius 2 is 1.23 bits per heavy atom. The van der Waals surface area contributed by atoms with Crippen LogP contribution in [0.25, 0.3) is 0 Å². The average molecular weight is 320 g/mol. The van der Waals surface area contributed by atoms with Gasteiger partial charge in [0.05, 0.1) is 6.61 Å². The Hall–Kier alpha value is -1.77. The summed E-state index contributed by atoms with van der Waals surface area (Å²) in [5, 5.41) is 0. The van der Waals surface area contributed by atoms with Gasteiger partial charge in [-0.25, -0.2) is 4.57 Å². The molecule has 0 radical (unpaired) electrons. The SMILES string of the molecule is CC(C)(C)COP(=O)(Oc1ccccc1)Oc1ccccc1. The molecule has 2 aromatic carbocycles. The maximum absolute atomic E-state index is 12.9. The first-order chi connectivity index (χ1) is 10.4. The van der Waals surface area contributed by atoms with Crippen molar-refractivity contribution in [1.82, 2.24) is 0 Å². The van der Waals surface area contributed by atoms with Gasteiger partial charge in [0.2, 0.25) is 0 Å². The molecule has 22 heavy (non-hydrogen) atoms. The minimum atomic E-state index is -3.76. The van der Waals surface area contributed by atoms with E-state index in [-0.39, 0.29) is 12.0 Å². The Bertz CT molecular complexity index is 575. The number of benzene rings is 2. The first-order valence-corrected chi connectivity index (χ1v) is 8.56. The van der Waals surface area contributed by atoms with Crippen LogP contribution in [0, 0.1) is 5.41 Å². The van der Waals surface area contributed by atoms with Gasteiger partial charge in [-0.2, -0.15) is 0 Å². The predicted octanol–water partition coefficient (Wildman–Crippen LogP) is 5.32. The van der Waals surface area contributed by atoms with Crippen molar-refractivity contribution in [1.29, 1.82) is 0 Å². The Balaban J connectivity index is 2.17. The maximum Gasteiger partial charge on any atom is 0.587 e. The summed E-state index contributed by atoms with van der Waals surface area (Å²) in [6.45, 7) is 6.22. The van der Waals surface area contributed by atoms with E-state index in [0.29, 0.717) is 11.5 Å². The summed E-state index contributed by atoms with van der Waals surface area (Å²) in [6.07, 6.45) is 0. The second-order valence-corrected chi connectivity index (χ2v) is 7.61. The van der Waals surface area contributed by atoms with Crippen LogP contribution in [0.4, 0.5) is 0 Å². The number of hydrogen-bond donors (Lipinski definition) is 0. The van der Waals surface area contributed by atoms with Gasteiger partial charge in [-0.05, 0) is 29.7 Å². The average Bonchev–Trinajstić information content (AvgIpc) is 2.47. The van der Waals surface area contributed by atoms with Gasteiger partial charge in [0, 0.05) is 0 Å². The Morgan fingerprint density at radius 1 is 0.818 bits per heavy atom. The molecule has 0 bridgehead atoms. The lowest BCUT2D eigenvalue weighted by molar-refractivity contribution is 0.147. The first-order valence-electron chi connectivity index (χ1n) is 7.10. The lowest BCUT2D eigenvalue weighted by Gasteiger charge is -2.23. The van der Waals surface area contributed by atoms with Crippen molar-refractivity contribution in [3.8, 4) is 11.5 Å².